The van der Waals surface area contributed by atoms with Gasteiger partial charge in [-0.15, -0.1) is 0 Å². The minimum atomic E-state index is -0.333. The van der Waals surface area contributed by atoms with E-state index in [1.165, 1.54) is 0 Å². The number of hydrogen-bond donors (Lipinski definition) is 3. The number of hydrogen-bond acceptors (Lipinski definition) is 8. The zero-order valence-electron chi connectivity index (χ0n) is 21.2. The van der Waals surface area contributed by atoms with Crippen molar-refractivity contribution < 1.29 is 28.9 Å². The number of benzene rings is 2. The monoisotopic (exact) mass is 512 g/mol. The van der Waals surface area contributed by atoms with E-state index in [-0.39, 0.29) is 31.1 Å². The fourth-order valence-corrected chi connectivity index (χ4v) is 3.90. The van der Waals surface area contributed by atoms with Crippen molar-refractivity contribution in [2.24, 2.45) is 0 Å². The second-order valence-electron chi connectivity index (χ2n) is 9.07. The van der Waals surface area contributed by atoms with Gasteiger partial charge in [-0.05, 0) is 55.0 Å². The molecule has 2 aromatic rings. The van der Waals surface area contributed by atoms with Crippen LogP contribution in [0, 0.1) is 0 Å². The highest BCUT2D eigenvalue weighted by Crippen LogP contribution is 2.21. The van der Waals surface area contributed by atoms with Gasteiger partial charge in [-0.3, -0.25) is 9.59 Å². The molecule has 2 atom stereocenters. The Morgan fingerprint density at radius 3 is 1.78 bits per heavy atom. The predicted octanol–water partition coefficient (Wildman–Crippen LogP) is 2.09. The molecule has 10 heteroatoms. The van der Waals surface area contributed by atoms with Crippen molar-refractivity contribution in [1.82, 2.24) is 0 Å². The maximum absolute atomic E-state index is 11.7. The molecule has 5 rings (SSSR count). The maximum atomic E-state index is 11.7. The minimum absolute atomic E-state index is 0.00614. The number of morpholine rings is 2. The van der Waals surface area contributed by atoms with Gasteiger partial charge in [0.15, 0.2) is 0 Å². The number of aliphatic hydroxyl groups excluding tert-OH is 1. The number of epoxide rings is 1. The van der Waals surface area contributed by atoms with Crippen LogP contribution in [0.4, 0.5) is 22.7 Å². The summed E-state index contributed by atoms with van der Waals surface area (Å²) in [7, 11) is 0. The molecule has 0 unspecified atom stereocenters. The van der Waals surface area contributed by atoms with E-state index >= 15 is 0 Å². The maximum Gasteiger partial charge on any atom is 0.253 e. The fraction of sp³-hybridized carbons (Fsp3) is 0.481. The molecule has 3 heterocycles. The van der Waals surface area contributed by atoms with E-state index in [9.17, 15) is 14.7 Å². The number of carbonyl (C=O) groups is 2. The van der Waals surface area contributed by atoms with Crippen LogP contribution in [-0.4, -0.2) is 88.3 Å². The molecule has 3 aliphatic heterocycles. The normalized spacial score (nSPS) is 20.1. The Hall–Kier alpha value is -3.18. The first kappa shape index (κ1) is 26.9. The van der Waals surface area contributed by atoms with E-state index in [4.69, 9.17) is 14.2 Å². The molecule has 3 aliphatic rings. The van der Waals surface area contributed by atoms with Crippen molar-refractivity contribution in [1.29, 1.82) is 0 Å². The topological polar surface area (TPSA) is 116 Å². The van der Waals surface area contributed by atoms with Crippen LogP contribution in [0.2, 0.25) is 0 Å². The van der Waals surface area contributed by atoms with Crippen LogP contribution in [0.15, 0.2) is 48.5 Å². The summed E-state index contributed by atoms with van der Waals surface area (Å²) in [6.07, 6.45) is 0.763. The summed E-state index contributed by atoms with van der Waals surface area (Å²) in [6, 6.07) is 15.5. The molecule has 0 bridgehead atoms. The Labute approximate surface area is 217 Å². The quantitative estimate of drug-likeness (QED) is 0.438. The van der Waals surface area contributed by atoms with E-state index in [0.29, 0.717) is 39.0 Å². The Kier molecular flexibility index (Phi) is 9.72. The number of nitrogens with zero attached hydrogens (tertiary/aromatic N) is 2. The van der Waals surface area contributed by atoms with Crippen molar-refractivity contribution >= 4 is 34.6 Å². The van der Waals surface area contributed by atoms with E-state index in [0.717, 1.165) is 42.3 Å². The van der Waals surface area contributed by atoms with Gasteiger partial charge >= 0.3 is 0 Å². The van der Waals surface area contributed by atoms with E-state index in [1.807, 2.05) is 55.5 Å². The standard InChI is InChI=1S/C14H20N2O3.C13H16N2O3/c1-2-13(17)9-15-11-3-5-12(6-4-11)16-7-8-19-10-14(16)18;16-13-9-17-6-5-15(13)11-3-1-10(2-4-11)14-7-12-8-18-12/h3-6,13,15,17H,2,7-10H2,1H3;1-4,12,14H,5-9H2/t13-;12-/m01/s1. The van der Waals surface area contributed by atoms with Crippen LogP contribution < -0.4 is 20.4 Å². The zero-order chi connectivity index (χ0) is 26.0. The summed E-state index contributed by atoms with van der Waals surface area (Å²) < 4.78 is 15.3. The molecule has 10 nitrogen and oxygen atoms in total. The molecule has 37 heavy (non-hydrogen) atoms. The van der Waals surface area contributed by atoms with Gasteiger partial charge in [-0.25, -0.2) is 0 Å². The van der Waals surface area contributed by atoms with Crippen molar-refractivity contribution in [2.75, 3.05) is 79.6 Å². The predicted molar refractivity (Wildman–Crippen MR) is 142 cm³/mol. The molecule has 200 valence electrons. The van der Waals surface area contributed by atoms with Gasteiger partial charge in [-0.1, -0.05) is 6.92 Å². The lowest BCUT2D eigenvalue weighted by molar-refractivity contribution is -0.126. The van der Waals surface area contributed by atoms with Gasteiger partial charge in [0.1, 0.15) is 13.2 Å². The molecule has 2 amide bonds. The number of nitrogens with one attached hydrogen (secondary N) is 2. The highest BCUT2D eigenvalue weighted by Gasteiger charge is 2.22. The lowest BCUT2D eigenvalue weighted by atomic mass is 10.2. The van der Waals surface area contributed by atoms with Crippen LogP contribution in [0.1, 0.15) is 13.3 Å². The van der Waals surface area contributed by atoms with Crippen LogP contribution in [0.25, 0.3) is 0 Å². The van der Waals surface area contributed by atoms with Crippen LogP contribution >= 0.6 is 0 Å². The highest BCUT2D eigenvalue weighted by molar-refractivity contribution is 5.95. The van der Waals surface area contributed by atoms with E-state index in [1.54, 1.807) is 9.80 Å². The van der Waals surface area contributed by atoms with Gasteiger partial charge in [0.2, 0.25) is 0 Å². The average molecular weight is 513 g/mol. The first-order valence-electron chi connectivity index (χ1n) is 12.8. The molecule has 0 spiro atoms. The lowest BCUT2D eigenvalue weighted by Gasteiger charge is -2.27. The van der Waals surface area contributed by atoms with Crippen molar-refractivity contribution in [3.8, 4) is 0 Å². The summed E-state index contributed by atoms with van der Waals surface area (Å²) in [5.41, 5.74) is 3.80. The molecular formula is C27H36N4O6. The Balaban J connectivity index is 0.000000173. The summed E-state index contributed by atoms with van der Waals surface area (Å²) in [5, 5.41) is 15.9. The molecule has 3 saturated heterocycles. The van der Waals surface area contributed by atoms with Crippen LogP contribution in [0.3, 0.4) is 0 Å². The summed E-state index contributed by atoms with van der Waals surface area (Å²) in [6.45, 7) is 6.91. The highest BCUT2D eigenvalue weighted by atomic mass is 16.6. The third-order valence-corrected chi connectivity index (χ3v) is 6.28. The second kappa shape index (κ2) is 13.4. The van der Waals surface area contributed by atoms with Crippen LogP contribution in [0.5, 0.6) is 0 Å². The van der Waals surface area contributed by atoms with Gasteiger partial charge in [0.05, 0.1) is 32.0 Å². The Bertz CT molecular complexity index is 1010. The largest absolute Gasteiger partial charge is 0.391 e. The van der Waals surface area contributed by atoms with E-state index < -0.39 is 0 Å². The number of aliphatic hydroxyl groups is 1. The fourth-order valence-electron chi connectivity index (χ4n) is 3.90. The summed E-state index contributed by atoms with van der Waals surface area (Å²) >= 11 is 0. The molecule has 3 N–H and O–H groups in total. The van der Waals surface area contributed by atoms with Gasteiger partial charge in [-0.2, -0.15) is 0 Å². The third kappa shape index (κ3) is 8.16. The number of anilines is 4. The minimum Gasteiger partial charge on any atom is -0.391 e. The lowest BCUT2D eigenvalue weighted by Crippen LogP contribution is -2.41. The molecule has 0 aliphatic carbocycles. The van der Waals surface area contributed by atoms with Gasteiger partial charge in [0, 0.05) is 48.9 Å². The smallest absolute Gasteiger partial charge is 0.253 e. The molecule has 3 fully saturated rings. The molecule has 0 radical (unpaired) electrons. The summed E-state index contributed by atoms with van der Waals surface area (Å²) in [4.78, 5) is 26.8. The molecular weight excluding hydrogens is 476 g/mol. The Morgan fingerprint density at radius 1 is 0.865 bits per heavy atom. The molecule has 2 aromatic carbocycles. The second-order valence-corrected chi connectivity index (χ2v) is 9.07. The van der Waals surface area contributed by atoms with Crippen molar-refractivity contribution in [3.63, 3.8) is 0 Å². The van der Waals surface area contributed by atoms with E-state index in [2.05, 4.69) is 10.6 Å². The summed E-state index contributed by atoms with van der Waals surface area (Å²) in [5.74, 6) is 0.0155. The average Bonchev–Trinajstić information content (AvgIpc) is 3.77. The van der Waals surface area contributed by atoms with Gasteiger partial charge < -0.3 is 39.8 Å². The van der Waals surface area contributed by atoms with Crippen molar-refractivity contribution in [3.05, 3.63) is 48.5 Å². The number of ether oxygens (including phenoxy) is 3. The zero-order valence-corrected chi connectivity index (χ0v) is 21.2. The van der Waals surface area contributed by atoms with Crippen LogP contribution in [-0.2, 0) is 23.8 Å². The number of rotatable bonds is 9. The Morgan fingerprint density at radius 2 is 1.35 bits per heavy atom. The SMILES string of the molecule is CC[C@H](O)CNc1ccc(N2CCOCC2=O)cc1.O=C1COCCN1c1ccc(NC[C@@H]2CO2)cc1. The third-order valence-electron chi connectivity index (χ3n) is 6.28. The molecule has 0 saturated carbocycles. The van der Waals surface area contributed by atoms with Gasteiger partial charge in [0.25, 0.3) is 11.8 Å². The first-order valence-corrected chi connectivity index (χ1v) is 12.8. The first-order chi connectivity index (χ1) is 18.0. The van der Waals surface area contributed by atoms with Crippen molar-refractivity contribution in [2.45, 2.75) is 25.6 Å². The molecule has 0 aromatic heterocycles. The number of carbonyl (C=O) groups excluding carboxylic acids is 2. The number of amides is 2.